The van der Waals surface area contributed by atoms with Crippen molar-refractivity contribution in [2.45, 2.75) is 25.4 Å². The van der Waals surface area contributed by atoms with Gasteiger partial charge in [-0.05, 0) is 25.7 Å². The van der Waals surface area contributed by atoms with Gasteiger partial charge in [-0.1, -0.05) is 0 Å². The Morgan fingerprint density at radius 2 is 2.40 bits per heavy atom. The second-order valence-electron chi connectivity index (χ2n) is 3.61. The third-order valence-electron chi connectivity index (χ3n) is 2.37. The van der Waals surface area contributed by atoms with Crippen LogP contribution in [0.15, 0.2) is 23.0 Å². The van der Waals surface area contributed by atoms with Crippen molar-refractivity contribution in [1.29, 1.82) is 0 Å². The summed E-state index contributed by atoms with van der Waals surface area (Å²) >= 11 is 1.79. The van der Waals surface area contributed by atoms with Crippen molar-refractivity contribution in [2.24, 2.45) is 0 Å². The molecular weight excluding hydrogens is 210 g/mol. The highest BCUT2D eigenvalue weighted by Gasteiger charge is 2.13. The molecule has 0 aliphatic rings. The number of nitrogens with one attached hydrogen (secondary N) is 1. The molecule has 86 valence electrons. The summed E-state index contributed by atoms with van der Waals surface area (Å²) in [4.78, 5) is 0. The summed E-state index contributed by atoms with van der Waals surface area (Å²) in [7, 11) is 0. The maximum absolute atomic E-state index is 8.94. The molecule has 0 aliphatic carbocycles. The maximum Gasteiger partial charge on any atom is 0.0950 e. The Morgan fingerprint density at radius 1 is 1.60 bits per heavy atom. The summed E-state index contributed by atoms with van der Waals surface area (Å²) in [6.45, 7) is 2.34. The highest BCUT2D eigenvalue weighted by atomic mass is 32.2. The quantitative estimate of drug-likeness (QED) is 0.751. The van der Waals surface area contributed by atoms with Crippen molar-refractivity contribution in [1.82, 2.24) is 5.32 Å². The fourth-order valence-corrected chi connectivity index (χ4v) is 2.21. The first-order valence-electron chi connectivity index (χ1n) is 5.16. The number of hydrogen-bond acceptors (Lipinski definition) is 4. The summed E-state index contributed by atoms with van der Waals surface area (Å²) in [5.41, 5.74) is 1.15. The van der Waals surface area contributed by atoms with Gasteiger partial charge in [0.15, 0.2) is 0 Å². The van der Waals surface area contributed by atoms with Crippen LogP contribution in [0.25, 0.3) is 0 Å². The van der Waals surface area contributed by atoms with Crippen LogP contribution in [0.5, 0.6) is 0 Å². The van der Waals surface area contributed by atoms with Gasteiger partial charge < -0.3 is 14.8 Å². The van der Waals surface area contributed by atoms with Crippen molar-refractivity contribution in [3.63, 3.8) is 0 Å². The first-order valence-corrected chi connectivity index (χ1v) is 6.55. The van der Waals surface area contributed by atoms with Crippen LogP contribution >= 0.6 is 11.8 Å². The van der Waals surface area contributed by atoms with Crippen LogP contribution < -0.4 is 5.32 Å². The molecule has 1 aromatic rings. The van der Waals surface area contributed by atoms with E-state index >= 15 is 0 Å². The number of hydrogen-bond donors (Lipinski definition) is 2. The zero-order chi connectivity index (χ0) is 11.1. The molecule has 0 spiro atoms. The Balaban J connectivity index is 2.43. The summed E-state index contributed by atoms with van der Waals surface area (Å²) in [5, 5.41) is 12.4. The number of thioether (sulfide) groups is 1. The fraction of sp³-hybridized carbons (Fsp3) is 0.636. The van der Waals surface area contributed by atoms with Crippen LogP contribution in [0.2, 0.25) is 0 Å². The number of aliphatic hydroxyl groups excluding tert-OH is 1. The van der Waals surface area contributed by atoms with Gasteiger partial charge >= 0.3 is 0 Å². The van der Waals surface area contributed by atoms with E-state index in [9.17, 15) is 0 Å². The summed E-state index contributed by atoms with van der Waals surface area (Å²) in [6, 6.07) is 2.59. The predicted octanol–water partition coefficient (Wildman–Crippen LogP) is 2.04. The highest BCUT2D eigenvalue weighted by molar-refractivity contribution is 7.98. The van der Waals surface area contributed by atoms with Gasteiger partial charge in [-0.25, -0.2) is 0 Å². The summed E-state index contributed by atoms with van der Waals surface area (Å²) in [6.07, 6.45) is 6.31. The van der Waals surface area contributed by atoms with E-state index in [2.05, 4.69) is 18.5 Å². The van der Waals surface area contributed by atoms with Gasteiger partial charge in [0.05, 0.1) is 12.5 Å². The molecule has 0 saturated carbocycles. The average molecular weight is 229 g/mol. The van der Waals surface area contributed by atoms with Crippen molar-refractivity contribution < 1.29 is 9.52 Å². The van der Waals surface area contributed by atoms with E-state index in [1.54, 1.807) is 24.3 Å². The second-order valence-corrected chi connectivity index (χ2v) is 4.52. The van der Waals surface area contributed by atoms with E-state index < -0.39 is 0 Å². The predicted molar refractivity (Wildman–Crippen MR) is 64.1 cm³/mol. The van der Waals surface area contributed by atoms with Gasteiger partial charge in [0.2, 0.25) is 0 Å². The van der Waals surface area contributed by atoms with Gasteiger partial charge in [0, 0.05) is 30.0 Å². The molecule has 0 aromatic carbocycles. The van der Waals surface area contributed by atoms with Gasteiger partial charge in [0.25, 0.3) is 0 Å². The van der Waals surface area contributed by atoms with E-state index in [1.807, 2.05) is 6.07 Å². The van der Waals surface area contributed by atoms with Crippen molar-refractivity contribution in [3.05, 3.63) is 24.2 Å². The third kappa shape index (κ3) is 4.28. The molecule has 2 unspecified atom stereocenters. The molecule has 2 atom stereocenters. The average Bonchev–Trinajstić information content (AvgIpc) is 2.71. The lowest BCUT2D eigenvalue weighted by Crippen LogP contribution is -2.34. The van der Waals surface area contributed by atoms with Crippen LogP contribution in [-0.4, -0.2) is 29.8 Å². The van der Waals surface area contributed by atoms with Gasteiger partial charge in [-0.2, -0.15) is 11.8 Å². The molecule has 1 heterocycles. The van der Waals surface area contributed by atoms with E-state index in [-0.39, 0.29) is 12.6 Å². The normalized spacial score (nSPS) is 15.1. The molecule has 4 heteroatoms. The van der Waals surface area contributed by atoms with Gasteiger partial charge in [-0.15, -0.1) is 0 Å². The topological polar surface area (TPSA) is 45.4 Å². The molecule has 15 heavy (non-hydrogen) atoms. The second kappa shape index (κ2) is 6.93. The first kappa shape index (κ1) is 12.6. The molecule has 0 saturated heterocycles. The van der Waals surface area contributed by atoms with Crippen LogP contribution in [0.4, 0.5) is 0 Å². The lowest BCUT2D eigenvalue weighted by atomic mass is 10.1. The molecule has 3 nitrogen and oxygen atoms in total. The molecule has 2 N–H and O–H groups in total. The minimum absolute atomic E-state index is 0.232. The molecule has 0 aliphatic heterocycles. The molecule has 1 aromatic heterocycles. The molecule has 0 radical (unpaired) electrons. The Kier molecular flexibility index (Phi) is 5.83. The first-order chi connectivity index (χ1) is 7.27. The monoisotopic (exact) mass is 229 g/mol. The number of rotatable bonds is 7. The largest absolute Gasteiger partial charge is 0.472 e. The lowest BCUT2D eigenvalue weighted by molar-refractivity contribution is 0.265. The van der Waals surface area contributed by atoms with Crippen LogP contribution in [0, 0.1) is 0 Å². The zero-order valence-corrected chi connectivity index (χ0v) is 10.1. The van der Waals surface area contributed by atoms with Gasteiger partial charge in [-0.3, -0.25) is 0 Å². The molecular formula is C11H19NO2S. The summed E-state index contributed by atoms with van der Waals surface area (Å²) < 4.78 is 5.04. The fourth-order valence-electron chi connectivity index (χ4n) is 1.54. The highest BCUT2D eigenvalue weighted by Crippen LogP contribution is 2.14. The van der Waals surface area contributed by atoms with E-state index in [0.29, 0.717) is 6.04 Å². The van der Waals surface area contributed by atoms with Crippen LogP contribution in [0.3, 0.4) is 0 Å². The van der Waals surface area contributed by atoms with Crippen molar-refractivity contribution >= 4 is 11.8 Å². The Hall–Kier alpha value is -0.450. The van der Waals surface area contributed by atoms with Gasteiger partial charge in [0.1, 0.15) is 0 Å². The summed E-state index contributed by atoms with van der Waals surface area (Å²) in [5.74, 6) is 1.02. The standard InChI is InChI=1S/C11H19NO2S/c1-9(10-4-6-14-7-10)12-11(3-5-13)8-15-2/h4,6-7,9,11-13H,3,5,8H2,1-2H3. The minimum atomic E-state index is 0.232. The molecule has 0 bridgehead atoms. The van der Waals surface area contributed by atoms with Crippen LogP contribution in [-0.2, 0) is 0 Å². The van der Waals surface area contributed by atoms with E-state index in [1.165, 1.54) is 0 Å². The SMILES string of the molecule is CSCC(CCO)NC(C)c1ccoc1. The van der Waals surface area contributed by atoms with Crippen molar-refractivity contribution in [3.8, 4) is 0 Å². The Labute approximate surface area is 95.2 Å². The smallest absolute Gasteiger partial charge is 0.0950 e. The minimum Gasteiger partial charge on any atom is -0.472 e. The van der Waals surface area contributed by atoms with E-state index in [0.717, 1.165) is 17.7 Å². The number of furan rings is 1. The molecule has 1 rings (SSSR count). The maximum atomic E-state index is 8.94. The number of aliphatic hydroxyl groups is 1. The molecule has 0 fully saturated rings. The van der Waals surface area contributed by atoms with Crippen LogP contribution in [0.1, 0.15) is 24.9 Å². The third-order valence-corrected chi connectivity index (χ3v) is 3.11. The Bertz CT molecular complexity index is 245. The Morgan fingerprint density at radius 3 is 2.93 bits per heavy atom. The molecule has 0 amide bonds. The van der Waals surface area contributed by atoms with E-state index in [4.69, 9.17) is 9.52 Å². The zero-order valence-electron chi connectivity index (χ0n) is 9.27. The lowest BCUT2D eigenvalue weighted by Gasteiger charge is -2.21. The van der Waals surface area contributed by atoms with Crippen molar-refractivity contribution in [2.75, 3.05) is 18.6 Å².